The lowest BCUT2D eigenvalue weighted by atomic mass is 10.1. The number of thiol groups is 1. The average Bonchev–Trinajstić information content (AvgIpc) is 3.01. The number of nitrogens with zero attached hydrogens (tertiary/aromatic N) is 1. The summed E-state index contributed by atoms with van der Waals surface area (Å²) in [6.07, 6.45) is 5.24. The van der Waals surface area contributed by atoms with Gasteiger partial charge in [-0.1, -0.05) is 18.2 Å². The Morgan fingerprint density at radius 3 is 2.64 bits per heavy atom. The number of phenolic OH excluding ortho intramolecular Hbond substituents is 2. The largest absolute Gasteiger partial charge is 0.504 e. The number of rotatable bonds is 5. The van der Waals surface area contributed by atoms with Gasteiger partial charge < -0.3 is 14.9 Å². The van der Waals surface area contributed by atoms with Crippen LogP contribution in [0.15, 0.2) is 46.7 Å². The minimum Gasteiger partial charge on any atom is -0.504 e. The third-order valence-corrected chi connectivity index (χ3v) is 4.71. The van der Waals surface area contributed by atoms with Gasteiger partial charge in [0.2, 0.25) is 0 Å². The van der Waals surface area contributed by atoms with Crippen LogP contribution in [0.3, 0.4) is 0 Å². The molecule has 5 nitrogen and oxygen atoms in total. The third-order valence-electron chi connectivity index (χ3n) is 2.90. The van der Waals surface area contributed by atoms with E-state index in [0.717, 1.165) is 5.75 Å². The number of carbonyl (C=O) groups excluding carboxylic acids is 1. The zero-order chi connectivity index (χ0) is 15.9. The van der Waals surface area contributed by atoms with Crippen molar-refractivity contribution in [3.63, 3.8) is 0 Å². The van der Waals surface area contributed by atoms with Gasteiger partial charge in [-0.15, -0.1) is 0 Å². The van der Waals surface area contributed by atoms with Crippen LogP contribution in [0.2, 0.25) is 0 Å². The third kappa shape index (κ3) is 4.17. The molecule has 0 unspecified atom stereocenters. The van der Waals surface area contributed by atoms with Gasteiger partial charge in [-0.25, -0.2) is 15.7 Å². The van der Waals surface area contributed by atoms with Gasteiger partial charge in [0, 0.05) is 5.75 Å². The number of ether oxygens (including phenoxy) is 1. The molecule has 1 aromatic carbocycles. The first-order valence-corrected chi connectivity index (χ1v) is 8.18. The number of hydrogen-bond acceptors (Lipinski definition) is 5. The maximum Gasteiger partial charge on any atom is 0.348 e. The molecule has 2 rings (SSSR count). The molecule has 0 aromatic heterocycles. The summed E-state index contributed by atoms with van der Waals surface area (Å²) < 4.78 is 5.09. The summed E-state index contributed by atoms with van der Waals surface area (Å²) in [5.74, 6) is -0.551. The summed E-state index contributed by atoms with van der Waals surface area (Å²) in [7, 11) is -0.357. The van der Waals surface area contributed by atoms with Gasteiger partial charge >= 0.3 is 5.97 Å². The summed E-state index contributed by atoms with van der Waals surface area (Å²) >= 11 is 0. The van der Waals surface area contributed by atoms with Crippen molar-refractivity contribution in [1.82, 2.24) is 0 Å². The maximum absolute atomic E-state index is 11.9. The van der Waals surface area contributed by atoms with E-state index in [4.69, 9.17) is 10.00 Å². The van der Waals surface area contributed by atoms with E-state index in [-0.39, 0.29) is 34.6 Å². The van der Waals surface area contributed by atoms with Crippen LogP contribution in [0.25, 0.3) is 6.08 Å². The van der Waals surface area contributed by atoms with Gasteiger partial charge in [-0.3, -0.25) is 0 Å². The molecule has 0 saturated carbocycles. The van der Waals surface area contributed by atoms with Crippen molar-refractivity contribution in [3.05, 3.63) is 52.3 Å². The summed E-state index contributed by atoms with van der Waals surface area (Å²) in [4.78, 5) is 11.9. The van der Waals surface area contributed by atoms with Crippen LogP contribution in [0.4, 0.5) is 0 Å². The number of esters is 1. The van der Waals surface area contributed by atoms with Crippen LogP contribution >= 0.6 is 10.9 Å². The molecule has 0 aliphatic carbocycles. The summed E-state index contributed by atoms with van der Waals surface area (Å²) in [6, 6.07) is 5.81. The van der Waals surface area contributed by atoms with Gasteiger partial charge in [0.05, 0.1) is 6.61 Å². The molecule has 0 radical (unpaired) electrons. The highest BCUT2D eigenvalue weighted by Gasteiger charge is 2.12. The van der Waals surface area contributed by atoms with Crippen molar-refractivity contribution < 1.29 is 19.7 Å². The van der Waals surface area contributed by atoms with Crippen molar-refractivity contribution in [3.8, 4) is 17.6 Å². The number of benzene rings is 1. The molecule has 1 aromatic rings. The smallest absolute Gasteiger partial charge is 0.348 e. The highest BCUT2D eigenvalue weighted by Crippen LogP contribution is 2.32. The predicted molar refractivity (Wildman–Crippen MR) is 86.5 cm³/mol. The first kappa shape index (κ1) is 15.7. The summed E-state index contributed by atoms with van der Waals surface area (Å²) in [5.41, 5.74) is 0.269. The fraction of sp³-hybridized carbons (Fsp3) is 0.125. The molecule has 0 amide bonds. The van der Waals surface area contributed by atoms with Gasteiger partial charge in [0.25, 0.3) is 0 Å². The van der Waals surface area contributed by atoms with E-state index in [0.29, 0.717) is 5.56 Å². The fourth-order valence-corrected chi connectivity index (χ4v) is 3.12. The van der Waals surface area contributed by atoms with E-state index in [1.54, 1.807) is 6.07 Å². The summed E-state index contributed by atoms with van der Waals surface area (Å²) in [6.45, 7) is 0.249. The highest BCUT2D eigenvalue weighted by molar-refractivity contribution is 8.22. The maximum atomic E-state index is 11.9. The minimum absolute atomic E-state index is 0.157. The van der Waals surface area contributed by atoms with Crippen molar-refractivity contribution in [2.75, 3.05) is 12.4 Å². The second kappa shape index (κ2) is 7.38. The first-order chi connectivity index (χ1) is 10.6. The molecule has 114 valence electrons. The molecule has 0 fully saturated rings. The van der Waals surface area contributed by atoms with Gasteiger partial charge in [0.15, 0.2) is 11.5 Å². The fourth-order valence-electron chi connectivity index (χ4n) is 1.77. The minimum atomic E-state index is -0.697. The molecular formula is C16H15NO4S. The molecule has 1 aliphatic heterocycles. The number of aromatic hydroxyl groups is 2. The Labute approximate surface area is 130 Å². The van der Waals surface area contributed by atoms with E-state index < -0.39 is 5.97 Å². The van der Waals surface area contributed by atoms with Crippen molar-refractivity contribution in [1.29, 1.82) is 5.26 Å². The van der Waals surface area contributed by atoms with Crippen LogP contribution in [-0.2, 0) is 9.53 Å². The van der Waals surface area contributed by atoms with Crippen LogP contribution < -0.4 is 0 Å². The molecule has 2 N–H and O–H groups in total. The SMILES string of the molecule is N#CC(=Cc1ccc(O)c(O)c1)C(=O)OCC[SH]1C=CC=C1. The van der Waals surface area contributed by atoms with Crippen molar-refractivity contribution >= 4 is 22.9 Å². The van der Waals surface area contributed by atoms with Gasteiger partial charge in [-0.2, -0.15) is 5.26 Å². The molecule has 0 bridgehead atoms. The number of allylic oxidation sites excluding steroid dienone is 2. The van der Waals surface area contributed by atoms with Gasteiger partial charge in [-0.05, 0) is 34.6 Å². The van der Waals surface area contributed by atoms with Crippen molar-refractivity contribution in [2.24, 2.45) is 0 Å². The zero-order valence-electron chi connectivity index (χ0n) is 11.6. The normalized spacial score (nSPS) is 14.9. The Kier molecular flexibility index (Phi) is 5.28. The zero-order valence-corrected chi connectivity index (χ0v) is 12.5. The lowest BCUT2D eigenvalue weighted by Gasteiger charge is -2.09. The van der Waals surface area contributed by atoms with E-state index in [9.17, 15) is 15.0 Å². The first-order valence-electron chi connectivity index (χ1n) is 6.52. The molecule has 1 heterocycles. The highest BCUT2D eigenvalue weighted by atomic mass is 32.2. The second-order valence-electron chi connectivity index (χ2n) is 4.47. The van der Waals surface area contributed by atoms with Crippen LogP contribution in [0.1, 0.15) is 5.56 Å². The molecule has 22 heavy (non-hydrogen) atoms. The van der Waals surface area contributed by atoms with E-state index in [2.05, 4.69) is 10.8 Å². The van der Waals surface area contributed by atoms with Gasteiger partial charge in [0.1, 0.15) is 11.6 Å². The van der Waals surface area contributed by atoms with E-state index in [1.807, 2.05) is 12.2 Å². The molecule has 0 saturated heterocycles. The van der Waals surface area contributed by atoms with E-state index >= 15 is 0 Å². The molecule has 1 aliphatic rings. The number of nitriles is 1. The predicted octanol–water partition coefficient (Wildman–Crippen LogP) is 2.59. The molecule has 6 heteroatoms. The van der Waals surface area contributed by atoms with Crippen LogP contribution in [0, 0.1) is 11.3 Å². The molecule has 0 atom stereocenters. The number of hydrogen-bond donors (Lipinski definition) is 3. The van der Waals surface area contributed by atoms with Crippen LogP contribution in [0.5, 0.6) is 11.5 Å². The standard InChI is InChI=1S/C16H15NO4S/c17-11-13(9-12-3-4-14(18)15(19)10-12)16(20)21-5-8-22-6-1-2-7-22/h1-4,6-7,9-10,18-19,22H,5,8H2. The Morgan fingerprint density at radius 2 is 2.00 bits per heavy atom. The Bertz CT molecular complexity index is 689. The monoisotopic (exact) mass is 317 g/mol. The second-order valence-corrected chi connectivity index (χ2v) is 6.55. The number of carbonyl (C=O) groups is 1. The Hall–Kier alpha value is -2.65. The molecular weight excluding hydrogens is 302 g/mol. The lowest BCUT2D eigenvalue weighted by molar-refractivity contribution is -0.137. The van der Waals surface area contributed by atoms with E-state index in [1.165, 1.54) is 24.3 Å². The number of phenols is 2. The molecule has 0 spiro atoms. The topological polar surface area (TPSA) is 90.5 Å². The van der Waals surface area contributed by atoms with Crippen molar-refractivity contribution in [2.45, 2.75) is 0 Å². The Morgan fingerprint density at radius 1 is 1.27 bits per heavy atom. The average molecular weight is 317 g/mol. The summed E-state index contributed by atoms with van der Waals surface area (Å²) in [5, 5.41) is 31.8. The quantitative estimate of drug-likeness (QED) is 0.255. The Balaban J connectivity index is 1.97. The lowest BCUT2D eigenvalue weighted by Crippen LogP contribution is -2.10. The van der Waals surface area contributed by atoms with Crippen LogP contribution in [-0.4, -0.2) is 28.5 Å².